The minimum absolute atomic E-state index is 0.123. The van der Waals surface area contributed by atoms with E-state index in [0.717, 1.165) is 18.7 Å². The van der Waals surface area contributed by atoms with Gasteiger partial charge in [-0.25, -0.2) is 4.79 Å². The molecule has 1 aromatic rings. The maximum atomic E-state index is 12.1. The number of hydrogen-bond donors (Lipinski definition) is 0. The molecule has 108 valence electrons. The summed E-state index contributed by atoms with van der Waals surface area (Å²) < 4.78 is 11.1. The Hall–Kier alpha value is -1.59. The maximum absolute atomic E-state index is 12.1. The Morgan fingerprint density at radius 3 is 2.90 bits per heavy atom. The fourth-order valence-electron chi connectivity index (χ4n) is 2.82. The first-order chi connectivity index (χ1) is 9.74. The van der Waals surface area contributed by atoms with Crippen molar-refractivity contribution in [2.75, 3.05) is 33.3 Å². The SMILES string of the molecule is CN1CCOC2CN(C(=O)OCc3ccccc3)CC21. The van der Waals surface area contributed by atoms with Gasteiger partial charge in [-0.15, -0.1) is 0 Å². The van der Waals surface area contributed by atoms with Crippen LogP contribution in [0.5, 0.6) is 0 Å². The summed E-state index contributed by atoms with van der Waals surface area (Å²) in [5.74, 6) is 0. The summed E-state index contributed by atoms with van der Waals surface area (Å²) in [6.45, 7) is 3.30. The van der Waals surface area contributed by atoms with Gasteiger partial charge >= 0.3 is 6.09 Å². The zero-order valence-electron chi connectivity index (χ0n) is 11.7. The lowest BCUT2D eigenvalue weighted by Crippen LogP contribution is -2.48. The Bertz CT molecular complexity index is 465. The number of carbonyl (C=O) groups is 1. The van der Waals surface area contributed by atoms with Crippen LogP contribution in [0.1, 0.15) is 5.56 Å². The van der Waals surface area contributed by atoms with E-state index in [9.17, 15) is 4.79 Å². The maximum Gasteiger partial charge on any atom is 0.410 e. The van der Waals surface area contributed by atoms with E-state index in [-0.39, 0.29) is 12.2 Å². The summed E-state index contributed by atoms with van der Waals surface area (Å²) in [5, 5.41) is 0. The molecule has 3 rings (SSSR count). The zero-order chi connectivity index (χ0) is 13.9. The molecule has 2 unspecified atom stereocenters. The standard InChI is InChI=1S/C15H20N2O3/c1-16-7-8-19-14-10-17(9-13(14)16)15(18)20-11-12-5-3-2-4-6-12/h2-6,13-14H,7-11H2,1H3. The molecular formula is C15H20N2O3. The molecule has 1 aromatic carbocycles. The molecule has 2 aliphatic rings. The van der Waals surface area contributed by atoms with Crippen molar-refractivity contribution < 1.29 is 14.3 Å². The molecule has 2 fully saturated rings. The van der Waals surface area contributed by atoms with Crippen molar-refractivity contribution in [1.82, 2.24) is 9.80 Å². The Kier molecular flexibility index (Phi) is 3.89. The number of fused-ring (bicyclic) bond motifs is 1. The second kappa shape index (κ2) is 5.81. The lowest BCUT2D eigenvalue weighted by atomic mass is 10.1. The number of morpholine rings is 1. The Morgan fingerprint density at radius 2 is 2.15 bits per heavy atom. The van der Waals surface area contributed by atoms with Crippen molar-refractivity contribution >= 4 is 6.09 Å². The van der Waals surface area contributed by atoms with Crippen molar-refractivity contribution in [3.63, 3.8) is 0 Å². The van der Waals surface area contributed by atoms with Gasteiger partial charge in [0, 0.05) is 13.1 Å². The first kappa shape index (κ1) is 13.4. The summed E-state index contributed by atoms with van der Waals surface area (Å²) in [4.78, 5) is 16.1. The molecule has 0 bridgehead atoms. The van der Waals surface area contributed by atoms with Crippen molar-refractivity contribution in [2.24, 2.45) is 0 Å². The van der Waals surface area contributed by atoms with Gasteiger partial charge in [0.15, 0.2) is 0 Å². The number of ether oxygens (including phenoxy) is 2. The average molecular weight is 276 g/mol. The highest BCUT2D eigenvalue weighted by Crippen LogP contribution is 2.22. The van der Waals surface area contributed by atoms with E-state index in [1.165, 1.54) is 0 Å². The number of amides is 1. The summed E-state index contributed by atoms with van der Waals surface area (Å²) in [6, 6.07) is 10.0. The highest BCUT2D eigenvalue weighted by atomic mass is 16.6. The molecule has 0 saturated carbocycles. The Morgan fingerprint density at radius 1 is 1.35 bits per heavy atom. The fourth-order valence-corrected chi connectivity index (χ4v) is 2.82. The molecule has 0 radical (unpaired) electrons. The van der Waals surface area contributed by atoms with Crippen LogP contribution in [0.2, 0.25) is 0 Å². The molecule has 0 N–H and O–H groups in total. The van der Waals surface area contributed by atoms with E-state index in [4.69, 9.17) is 9.47 Å². The van der Waals surface area contributed by atoms with E-state index in [2.05, 4.69) is 11.9 Å². The lowest BCUT2D eigenvalue weighted by Gasteiger charge is -2.33. The minimum atomic E-state index is -0.250. The first-order valence-electron chi connectivity index (χ1n) is 7.01. The Labute approximate surface area is 119 Å². The largest absolute Gasteiger partial charge is 0.445 e. The number of rotatable bonds is 2. The van der Waals surface area contributed by atoms with Crippen molar-refractivity contribution in [3.8, 4) is 0 Å². The molecule has 0 spiro atoms. The third-order valence-electron chi connectivity index (χ3n) is 4.04. The van der Waals surface area contributed by atoms with Crippen LogP contribution < -0.4 is 0 Å². The average Bonchev–Trinajstić information content (AvgIpc) is 2.91. The van der Waals surface area contributed by atoms with Crippen molar-refractivity contribution in [1.29, 1.82) is 0 Å². The molecule has 1 amide bonds. The normalized spacial score (nSPS) is 26.4. The summed E-state index contributed by atoms with van der Waals surface area (Å²) >= 11 is 0. The van der Waals surface area contributed by atoms with E-state index >= 15 is 0 Å². The molecule has 5 heteroatoms. The van der Waals surface area contributed by atoms with Crippen LogP contribution in [-0.4, -0.2) is 61.3 Å². The number of hydrogen-bond acceptors (Lipinski definition) is 4. The van der Waals surface area contributed by atoms with Gasteiger partial charge in [-0.1, -0.05) is 30.3 Å². The molecule has 2 atom stereocenters. The van der Waals surface area contributed by atoms with Gasteiger partial charge in [-0.2, -0.15) is 0 Å². The van der Waals surface area contributed by atoms with Crippen LogP contribution >= 0.6 is 0 Å². The van der Waals surface area contributed by atoms with Crippen LogP contribution in [-0.2, 0) is 16.1 Å². The van der Waals surface area contributed by atoms with Crippen LogP contribution in [0.25, 0.3) is 0 Å². The summed E-state index contributed by atoms with van der Waals surface area (Å²) in [6.07, 6.45) is -0.127. The number of likely N-dealkylation sites (tertiary alicyclic amines) is 1. The van der Waals surface area contributed by atoms with Gasteiger partial charge in [0.2, 0.25) is 0 Å². The van der Waals surface area contributed by atoms with Gasteiger partial charge < -0.3 is 14.4 Å². The van der Waals surface area contributed by atoms with Gasteiger partial charge in [-0.3, -0.25) is 4.90 Å². The third kappa shape index (κ3) is 2.78. The highest BCUT2D eigenvalue weighted by molar-refractivity contribution is 5.68. The Balaban J connectivity index is 1.53. The molecule has 2 aliphatic heterocycles. The first-order valence-corrected chi connectivity index (χ1v) is 7.01. The van der Waals surface area contributed by atoms with Gasteiger partial charge in [-0.05, 0) is 12.6 Å². The minimum Gasteiger partial charge on any atom is -0.445 e. The topological polar surface area (TPSA) is 42.0 Å². The number of nitrogens with zero attached hydrogens (tertiary/aromatic N) is 2. The molecule has 2 heterocycles. The van der Waals surface area contributed by atoms with E-state index in [1.54, 1.807) is 4.90 Å². The molecule has 0 aromatic heterocycles. The zero-order valence-corrected chi connectivity index (χ0v) is 11.7. The van der Waals surface area contributed by atoms with E-state index < -0.39 is 0 Å². The van der Waals surface area contributed by atoms with Crippen molar-refractivity contribution in [2.45, 2.75) is 18.8 Å². The van der Waals surface area contributed by atoms with Gasteiger partial charge in [0.25, 0.3) is 0 Å². The molecular weight excluding hydrogens is 256 g/mol. The van der Waals surface area contributed by atoms with Gasteiger partial charge in [0.05, 0.1) is 25.3 Å². The molecule has 2 saturated heterocycles. The number of likely N-dealkylation sites (N-methyl/N-ethyl adjacent to an activating group) is 1. The molecule has 20 heavy (non-hydrogen) atoms. The second-order valence-corrected chi connectivity index (χ2v) is 5.40. The number of benzene rings is 1. The van der Waals surface area contributed by atoms with Crippen LogP contribution in [0.4, 0.5) is 4.79 Å². The van der Waals surface area contributed by atoms with Crippen LogP contribution in [0.3, 0.4) is 0 Å². The third-order valence-corrected chi connectivity index (χ3v) is 4.04. The molecule has 5 nitrogen and oxygen atoms in total. The monoisotopic (exact) mass is 276 g/mol. The highest BCUT2D eigenvalue weighted by Gasteiger charge is 2.40. The lowest BCUT2D eigenvalue weighted by molar-refractivity contribution is -0.0369. The fraction of sp³-hybridized carbons (Fsp3) is 0.533. The second-order valence-electron chi connectivity index (χ2n) is 5.40. The predicted molar refractivity (Wildman–Crippen MR) is 74.4 cm³/mol. The molecule has 0 aliphatic carbocycles. The summed E-state index contributed by atoms with van der Waals surface area (Å²) in [7, 11) is 2.08. The van der Waals surface area contributed by atoms with Crippen LogP contribution in [0, 0.1) is 0 Å². The predicted octanol–water partition coefficient (Wildman–Crippen LogP) is 1.34. The van der Waals surface area contributed by atoms with Gasteiger partial charge in [0.1, 0.15) is 6.61 Å². The van der Waals surface area contributed by atoms with Crippen LogP contribution in [0.15, 0.2) is 30.3 Å². The van der Waals surface area contributed by atoms with E-state index in [0.29, 0.717) is 25.7 Å². The van der Waals surface area contributed by atoms with Crippen molar-refractivity contribution in [3.05, 3.63) is 35.9 Å². The number of carbonyl (C=O) groups excluding carboxylic acids is 1. The smallest absolute Gasteiger partial charge is 0.410 e. The quantitative estimate of drug-likeness (QED) is 0.817. The van der Waals surface area contributed by atoms with E-state index in [1.807, 2.05) is 30.3 Å². The summed E-state index contributed by atoms with van der Waals surface area (Å²) in [5.41, 5.74) is 1.01.